The fourth-order valence-electron chi connectivity index (χ4n) is 2.79. The van der Waals surface area contributed by atoms with Gasteiger partial charge in [0.1, 0.15) is 5.82 Å². The predicted octanol–water partition coefficient (Wildman–Crippen LogP) is 5.26. The van der Waals surface area contributed by atoms with E-state index in [0.717, 1.165) is 18.2 Å². The van der Waals surface area contributed by atoms with Crippen LogP contribution < -0.4 is 15.4 Å². The minimum absolute atomic E-state index is 0.0491. The Morgan fingerprint density at radius 2 is 1.77 bits per heavy atom. The van der Waals surface area contributed by atoms with E-state index < -0.39 is 23.5 Å². The minimum atomic E-state index is -4.61. The number of alkyl halides is 3. The first-order valence-corrected chi connectivity index (χ1v) is 9.02. The Bertz CT molecular complexity index is 1130. The summed E-state index contributed by atoms with van der Waals surface area (Å²) >= 11 is 0. The van der Waals surface area contributed by atoms with E-state index in [1.54, 1.807) is 13.8 Å². The number of carbonyl (C=O) groups excluding carboxylic acids is 1. The Labute approximate surface area is 175 Å². The average molecular weight is 434 g/mol. The largest absolute Gasteiger partial charge is 0.467 e. The molecule has 10 heteroatoms. The van der Waals surface area contributed by atoms with Crippen LogP contribution in [0.3, 0.4) is 0 Å². The molecule has 0 saturated heterocycles. The van der Waals surface area contributed by atoms with Gasteiger partial charge in [0.2, 0.25) is 0 Å². The molecule has 0 bridgehead atoms. The number of nitrogens with one attached hydrogen (secondary N) is 2. The Balaban J connectivity index is 1.99. The van der Waals surface area contributed by atoms with E-state index in [2.05, 4.69) is 20.6 Å². The van der Waals surface area contributed by atoms with E-state index in [0.29, 0.717) is 16.9 Å². The number of halogens is 4. The maximum Gasteiger partial charge on any atom is 0.416 e. The van der Waals surface area contributed by atoms with Crippen LogP contribution in [0.25, 0.3) is 0 Å². The third kappa shape index (κ3) is 5.08. The molecule has 0 spiro atoms. The highest BCUT2D eigenvalue weighted by atomic mass is 19.4. The number of aromatic nitrogens is 2. The fourth-order valence-corrected chi connectivity index (χ4v) is 2.79. The lowest BCUT2D eigenvalue weighted by Gasteiger charge is -2.17. The number of ether oxygens (including phenoxy) is 1. The highest BCUT2D eigenvalue weighted by molar-refractivity contribution is 6.08. The molecule has 0 aliphatic rings. The number of aryl methyl sites for hydroxylation is 2. The van der Waals surface area contributed by atoms with Gasteiger partial charge in [-0.2, -0.15) is 18.2 Å². The van der Waals surface area contributed by atoms with Crippen LogP contribution in [0, 0.1) is 19.7 Å². The third-order valence-electron chi connectivity index (χ3n) is 4.44. The first-order chi connectivity index (χ1) is 14.6. The van der Waals surface area contributed by atoms with E-state index in [4.69, 9.17) is 4.74 Å². The summed E-state index contributed by atoms with van der Waals surface area (Å²) in [4.78, 5) is 20.8. The quantitative estimate of drug-likeness (QED) is 0.536. The van der Waals surface area contributed by atoms with Gasteiger partial charge in [-0.25, -0.2) is 9.37 Å². The van der Waals surface area contributed by atoms with Crippen molar-refractivity contribution < 1.29 is 27.1 Å². The van der Waals surface area contributed by atoms with Gasteiger partial charge in [-0.05, 0) is 55.8 Å². The van der Waals surface area contributed by atoms with Crippen molar-refractivity contribution in [2.75, 3.05) is 17.7 Å². The van der Waals surface area contributed by atoms with Crippen LogP contribution >= 0.6 is 0 Å². The number of hydrogen-bond acceptors (Lipinski definition) is 5. The summed E-state index contributed by atoms with van der Waals surface area (Å²) in [7, 11) is 1.39. The van der Waals surface area contributed by atoms with Crippen molar-refractivity contribution in [3.8, 4) is 6.01 Å². The second kappa shape index (κ2) is 8.58. The number of hydrogen-bond donors (Lipinski definition) is 2. The topological polar surface area (TPSA) is 76.1 Å². The molecule has 2 N–H and O–H groups in total. The van der Waals surface area contributed by atoms with Crippen LogP contribution in [0.1, 0.15) is 27.2 Å². The van der Waals surface area contributed by atoms with Crippen LogP contribution in [0.2, 0.25) is 0 Å². The van der Waals surface area contributed by atoms with Gasteiger partial charge in [-0.1, -0.05) is 0 Å². The molecule has 1 aromatic heterocycles. The zero-order valence-electron chi connectivity index (χ0n) is 16.8. The van der Waals surface area contributed by atoms with Gasteiger partial charge in [0.05, 0.1) is 41.5 Å². The van der Waals surface area contributed by atoms with Crippen molar-refractivity contribution in [1.82, 2.24) is 9.97 Å². The van der Waals surface area contributed by atoms with Crippen LogP contribution in [0.4, 0.5) is 34.6 Å². The number of methoxy groups -OCH3 is 1. The monoisotopic (exact) mass is 434 g/mol. The van der Waals surface area contributed by atoms with Crippen LogP contribution in [-0.2, 0) is 6.18 Å². The van der Waals surface area contributed by atoms with Crippen molar-refractivity contribution in [3.05, 3.63) is 70.8 Å². The highest BCUT2D eigenvalue weighted by Crippen LogP contribution is 2.34. The first-order valence-electron chi connectivity index (χ1n) is 9.02. The van der Waals surface area contributed by atoms with Crippen LogP contribution in [0.15, 0.2) is 42.6 Å². The molecule has 0 radical (unpaired) electrons. The van der Waals surface area contributed by atoms with Gasteiger partial charge in [0, 0.05) is 5.69 Å². The van der Waals surface area contributed by atoms with E-state index in [1.165, 1.54) is 31.5 Å². The summed E-state index contributed by atoms with van der Waals surface area (Å²) in [6, 6.07) is 6.60. The molecule has 3 aromatic rings. The number of nitrogens with zero attached hydrogens (tertiary/aromatic N) is 2. The lowest BCUT2D eigenvalue weighted by molar-refractivity contribution is -0.137. The zero-order valence-corrected chi connectivity index (χ0v) is 16.8. The lowest BCUT2D eigenvalue weighted by atomic mass is 10.1. The average Bonchev–Trinajstić information content (AvgIpc) is 2.70. The van der Waals surface area contributed by atoms with Crippen molar-refractivity contribution in [2.45, 2.75) is 20.0 Å². The summed E-state index contributed by atoms with van der Waals surface area (Å²) in [6.45, 7) is 3.21. The molecule has 0 atom stereocenters. The molecule has 2 aromatic carbocycles. The molecule has 31 heavy (non-hydrogen) atoms. The second-order valence-corrected chi connectivity index (χ2v) is 6.65. The Kier molecular flexibility index (Phi) is 6.09. The lowest BCUT2D eigenvalue weighted by Crippen LogP contribution is -2.17. The van der Waals surface area contributed by atoms with E-state index in [9.17, 15) is 22.4 Å². The molecule has 0 unspecified atom stereocenters. The van der Waals surface area contributed by atoms with Crippen molar-refractivity contribution in [1.29, 1.82) is 0 Å². The van der Waals surface area contributed by atoms with E-state index >= 15 is 0 Å². The number of amides is 1. The molecule has 1 amide bonds. The molecular weight excluding hydrogens is 416 g/mol. The maximum atomic E-state index is 13.4. The summed E-state index contributed by atoms with van der Waals surface area (Å²) in [6.07, 6.45) is -3.27. The molecule has 1 heterocycles. The van der Waals surface area contributed by atoms with Gasteiger partial charge in [-0.15, -0.1) is 0 Å². The van der Waals surface area contributed by atoms with Gasteiger partial charge in [0.25, 0.3) is 5.91 Å². The SMILES string of the molecule is COc1ncc(NC(=O)c2ccc(C(F)(F)F)cc2Nc2ccc(F)cc2C)c(C)n1. The number of carbonyl (C=O) groups is 1. The summed E-state index contributed by atoms with van der Waals surface area (Å²) < 4.78 is 58.0. The first kappa shape index (κ1) is 22.0. The minimum Gasteiger partial charge on any atom is -0.467 e. The Hall–Kier alpha value is -3.69. The normalized spacial score (nSPS) is 11.2. The maximum absolute atomic E-state index is 13.4. The molecule has 6 nitrogen and oxygen atoms in total. The molecule has 0 aliphatic heterocycles. The number of rotatable bonds is 5. The van der Waals surface area contributed by atoms with Gasteiger partial charge < -0.3 is 15.4 Å². The summed E-state index contributed by atoms with van der Waals surface area (Å²) in [5, 5.41) is 5.39. The summed E-state index contributed by atoms with van der Waals surface area (Å²) in [5.41, 5.74) is 0.434. The zero-order chi connectivity index (χ0) is 22.8. The number of anilines is 3. The third-order valence-corrected chi connectivity index (χ3v) is 4.44. The smallest absolute Gasteiger partial charge is 0.416 e. The standard InChI is InChI=1S/C21H18F4N4O2/c1-11-8-14(22)5-7-16(11)28-17-9-13(21(23,24)25)4-6-15(17)19(30)29-18-10-26-20(31-3)27-12(18)2/h4-10,28H,1-3H3,(H,29,30). The summed E-state index contributed by atoms with van der Waals surface area (Å²) in [5.74, 6) is -1.16. The van der Waals surface area contributed by atoms with Crippen molar-refractivity contribution >= 4 is 23.0 Å². The van der Waals surface area contributed by atoms with Crippen LogP contribution in [-0.4, -0.2) is 23.0 Å². The van der Waals surface area contributed by atoms with Gasteiger partial charge in [-0.3, -0.25) is 4.79 Å². The Morgan fingerprint density at radius 3 is 2.39 bits per heavy atom. The van der Waals surface area contributed by atoms with Gasteiger partial charge >= 0.3 is 12.2 Å². The fraction of sp³-hybridized carbons (Fsp3) is 0.190. The molecule has 0 aliphatic carbocycles. The molecule has 0 fully saturated rings. The molecule has 0 saturated carbocycles. The predicted molar refractivity (Wildman–Crippen MR) is 107 cm³/mol. The van der Waals surface area contributed by atoms with Crippen LogP contribution in [0.5, 0.6) is 6.01 Å². The Morgan fingerprint density at radius 1 is 1.03 bits per heavy atom. The van der Waals surface area contributed by atoms with Gasteiger partial charge in [0.15, 0.2) is 0 Å². The highest BCUT2D eigenvalue weighted by Gasteiger charge is 2.31. The second-order valence-electron chi connectivity index (χ2n) is 6.65. The molecule has 3 rings (SSSR count). The van der Waals surface area contributed by atoms with Crippen molar-refractivity contribution in [3.63, 3.8) is 0 Å². The van der Waals surface area contributed by atoms with Crippen molar-refractivity contribution in [2.24, 2.45) is 0 Å². The molecule has 162 valence electrons. The molecular formula is C21H18F4N4O2. The van der Waals surface area contributed by atoms with E-state index in [-0.39, 0.29) is 22.9 Å². The van der Waals surface area contributed by atoms with E-state index in [1.807, 2.05) is 0 Å². The number of benzene rings is 2.